The molecular weight excluding hydrogens is 316 g/mol. The van der Waals surface area contributed by atoms with Gasteiger partial charge in [0.1, 0.15) is 11.9 Å². The normalized spacial score (nSPS) is 15.0. The monoisotopic (exact) mass is 340 g/mol. The summed E-state index contributed by atoms with van der Waals surface area (Å²) in [4.78, 5) is 28.9. The Bertz CT molecular complexity index is 769. The first-order chi connectivity index (χ1) is 12.0. The van der Waals surface area contributed by atoms with Crippen LogP contribution in [0.15, 0.2) is 36.4 Å². The third-order valence-corrected chi connectivity index (χ3v) is 4.56. The van der Waals surface area contributed by atoms with Gasteiger partial charge >= 0.3 is 0 Å². The predicted octanol–water partition coefficient (Wildman–Crippen LogP) is 2.37. The number of carbonyl (C=O) groups is 2. The van der Waals surface area contributed by atoms with E-state index in [9.17, 15) is 9.59 Å². The van der Waals surface area contributed by atoms with Crippen LogP contribution in [0.1, 0.15) is 31.0 Å². The Morgan fingerprint density at radius 3 is 2.72 bits per heavy atom. The van der Waals surface area contributed by atoms with Crippen LogP contribution in [0.4, 0.5) is 5.82 Å². The fourth-order valence-electron chi connectivity index (χ4n) is 3.33. The smallest absolute Gasteiger partial charge is 0.245 e. The molecule has 2 aromatic rings. The molecule has 0 bridgehead atoms. The zero-order chi connectivity index (χ0) is 18.0. The Morgan fingerprint density at radius 2 is 2.04 bits per heavy atom. The maximum Gasteiger partial charge on any atom is 0.245 e. The van der Waals surface area contributed by atoms with Gasteiger partial charge in [-0.15, -0.1) is 0 Å². The molecule has 132 valence electrons. The van der Waals surface area contributed by atoms with Crippen LogP contribution < -0.4 is 4.90 Å². The molecule has 1 aliphatic heterocycles. The minimum Gasteiger partial charge on any atom is -0.340 e. The van der Waals surface area contributed by atoms with E-state index in [0.717, 1.165) is 17.1 Å². The summed E-state index contributed by atoms with van der Waals surface area (Å²) in [6.45, 7) is 4.94. The summed E-state index contributed by atoms with van der Waals surface area (Å²) in [6.07, 6.45) is 0.939. The van der Waals surface area contributed by atoms with E-state index in [-0.39, 0.29) is 11.8 Å². The first kappa shape index (κ1) is 17.2. The molecule has 25 heavy (non-hydrogen) atoms. The topological polar surface area (TPSA) is 58.4 Å². The van der Waals surface area contributed by atoms with Crippen LogP contribution in [0.25, 0.3) is 0 Å². The van der Waals surface area contributed by atoms with Gasteiger partial charge in [0.05, 0.1) is 12.2 Å². The molecule has 0 saturated heterocycles. The average molecular weight is 340 g/mol. The van der Waals surface area contributed by atoms with Crippen LogP contribution in [-0.4, -0.2) is 39.6 Å². The van der Waals surface area contributed by atoms with E-state index in [2.05, 4.69) is 5.10 Å². The molecule has 0 aliphatic carbocycles. The van der Waals surface area contributed by atoms with Crippen LogP contribution in [0.2, 0.25) is 0 Å². The van der Waals surface area contributed by atoms with Gasteiger partial charge in [-0.3, -0.25) is 14.5 Å². The van der Waals surface area contributed by atoms with E-state index in [1.54, 1.807) is 16.8 Å². The van der Waals surface area contributed by atoms with Crippen molar-refractivity contribution in [1.82, 2.24) is 14.7 Å². The van der Waals surface area contributed by atoms with E-state index in [4.69, 9.17) is 0 Å². The Labute approximate surface area is 148 Å². The quantitative estimate of drug-likeness (QED) is 0.839. The lowest BCUT2D eigenvalue weighted by Crippen LogP contribution is -2.52. The Morgan fingerprint density at radius 1 is 1.32 bits per heavy atom. The Kier molecular flexibility index (Phi) is 4.88. The van der Waals surface area contributed by atoms with Crippen molar-refractivity contribution in [2.75, 3.05) is 11.9 Å². The number of likely N-dealkylation sites (N-methyl/N-ethyl adjacent to an activating group) is 1. The summed E-state index contributed by atoms with van der Waals surface area (Å²) in [5.41, 5.74) is 1.92. The molecule has 1 aliphatic rings. The molecule has 0 N–H and O–H groups in total. The van der Waals surface area contributed by atoms with Gasteiger partial charge in [0.25, 0.3) is 0 Å². The van der Waals surface area contributed by atoms with Crippen molar-refractivity contribution >= 4 is 17.6 Å². The molecule has 1 atom stereocenters. The van der Waals surface area contributed by atoms with Gasteiger partial charge in [-0.2, -0.15) is 5.10 Å². The third-order valence-electron chi connectivity index (χ3n) is 4.56. The maximum atomic E-state index is 13.0. The highest BCUT2D eigenvalue weighted by Gasteiger charge is 2.36. The summed E-state index contributed by atoms with van der Waals surface area (Å²) in [7, 11) is 1.79. The Hall–Kier alpha value is -2.63. The molecule has 0 radical (unpaired) electrons. The number of hydrogen-bond donors (Lipinski definition) is 0. The number of anilines is 1. The molecule has 1 aromatic heterocycles. The van der Waals surface area contributed by atoms with Crippen molar-refractivity contribution in [3.05, 3.63) is 47.7 Å². The maximum absolute atomic E-state index is 13.0. The first-order valence-corrected chi connectivity index (χ1v) is 8.66. The van der Waals surface area contributed by atoms with Crippen molar-refractivity contribution in [2.24, 2.45) is 0 Å². The fourth-order valence-corrected chi connectivity index (χ4v) is 3.33. The standard InChI is InChI=1S/C19H24N4O2/c1-4-16(19(25)21(3)13-15-8-6-5-7-9-15)23-17-12-14(2)20-22(17)11-10-18(23)24/h5-9,12,16H,4,10-11,13H2,1-3H3/t16-/m1/s1. The first-order valence-electron chi connectivity index (χ1n) is 8.66. The SMILES string of the molecule is CC[C@H](C(=O)N(C)Cc1ccccc1)N1C(=O)CCn2nc(C)cc21. The lowest BCUT2D eigenvalue weighted by molar-refractivity contribution is -0.134. The average Bonchev–Trinajstić information content (AvgIpc) is 2.98. The van der Waals surface area contributed by atoms with Gasteiger partial charge in [0.2, 0.25) is 11.8 Å². The van der Waals surface area contributed by atoms with E-state index in [1.165, 1.54) is 0 Å². The second-order valence-electron chi connectivity index (χ2n) is 6.48. The van der Waals surface area contributed by atoms with E-state index in [0.29, 0.717) is 25.9 Å². The molecule has 2 amide bonds. The highest BCUT2D eigenvalue weighted by molar-refractivity contribution is 6.00. The fraction of sp³-hybridized carbons (Fsp3) is 0.421. The molecule has 6 nitrogen and oxygen atoms in total. The molecule has 6 heteroatoms. The predicted molar refractivity (Wildman–Crippen MR) is 96.1 cm³/mol. The van der Waals surface area contributed by atoms with Crippen LogP contribution in [0, 0.1) is 6.92 Å². The number of aromatic nitrogens is 2. The number of rotatable bonds is 5. The summed E-state index contributed by atoms with van der Waals surface area (Å²) < 4.78 is 1.82. The van der Waals surface area contributed by atoms with E-state index >= 15 is 0 Å². The van der Waals surface area contributed by atoms with Crippen molar-refractivity contribution in [2.45, 2.75) is 45.8 Å². The number of benzene rings is 1. The van der Waals surface area contributed by atoms with Gasteiger partial charge in [-0.25, -0.2) is 4.68 Å². The van der Waals surface area contributed by atoms with Gasteiger partial charge in [-0.1, -0.05) is 37.3 Å². The largest absolute Gasteiger partial charge is 0.340 e. The molecular formula is C19H24N4O2. The summed E-state index contributed by atoms with van der Waals surface area (Å²) in [5, 5.41) is 4.42. The summed E-state index contributed by atoms with van der Waals surface area (Å²) in [5.74, 6) is 0.662. The molecule has 3 rings (SSSR count). The van der Waals surface area contributed by atoms with Crippen LogP contribution >= 0.6 is 0 Å². The van der Waals surface area contributed by atoms with Crippen LogP contribution in [-0.2, 0) is 22.7 Å². The summed E-state index contributed by atoms with van der Waals surface area (Å²) in [6, 6.07) is 11.2. The van der Waals surface area contributed by atoms with Crippen molar-refractivity contribution in [3.63, 3.8) is 0 Å². The highest BCUT2D eigenvalue weighted by atomic mass is 16.2. The van der Waals surface area contributed by atoms with Crippen molar-refractivity contribution in [1.29, 1.82) is 0 Å². The Balaban J connectivity index is 1.83. The number of nitrogens with zero attached hydrogens (tertiary/aromatic N) is 4. The lowest BCUT2D eigenvalue weighted by atomic mass is 10.1. The van der Waals surface area contributed by atoms with Gasteiger partial charge < -0.3 is 4.90 Å². The van der Waals surface area contributed by atoms with Gasteiger partial charge in [-0.05, 0) is 18.9 Å². The number of amides is 2. The van der Waals surface area contributed by atoms with Crippen LogP contribution in [0.3, 0.4) is 0 Å². The highest BCUT2D eigenvalue weighted by Crippen LogP contribution is 2.26. The second kappa shape index (κ2) is 7.09. The molecule has 0 fully saturated rings. The zero-order valence-electron chi connectivity index (χ0n) is 15.0. The van der Waals surface area contributed by atoms with E-state index in [1.807, 2.05) is 54.9 Å². The van der Waals surface area contributed by atoms with E-state index < -0.39 is 6.04 Å². The number of hydrogen-bond acceptors (Lipinski definition) is 3. The minimum absolute atomic E-state index is 0.0132. The lowest BCUT2D eigenvalue weighted by Gasteiger charge is -2.35. The summed E-state index contributed by atoms with van der Waals surface area (Å²) >= 11 is 0. The van der Waals surface area contributed by atoms with Crippen molar-refractivity contribution < 1.29 is 9.59 Å². The van der Waals surface area contributed by atoms with Gasteiger partial charge in [0.15, 0.2) is 0 Å². The van der Waals surface area contributed by atoms with Crippen LogP contribution in [0.5, 0.6) is 0 Å². The number of fused-ring (bicyclic) bond motifs is 1. The zero-order valence-corrected chi connectivity index (χ0v) is 15.0. The van der Waals surface area contributed by atoms with Crippen molar-refractivity contribution in [3.8, 4) is 0 Å². The molecule has 1 aromatic carbocycles. The molecule has 2 heterocycles. The van der Waals surface area contributed by atoms with Gasteiger partial charge in [0, 0.05) is 26.1 Å². The third kappa shape index (κ3) is 3.43. The minimum atomic E-state index is -0.503. The number of aryl methyl sites for hydroxylation is 2. The molecule has 0 spiro atoms. The number of carbonyl (C=O) groups excluding carboxylic acids is 2. The molecule has 0 saturated carbocycles. The second-order valence-corrected chi connectivity index (χ2v) is 6.48. The molecule has 0 unspecified atom stereocenters.